The van der Waals surface area contributed by atoms with E-state index in [2.05, 4.69) is 15.3 Å². The quantitative estimate of drug-likeness (QED) is 0.801. The van der Waals surface area contributed by atoms with Crippen LogP contribution in [0.1, 0.15) is 24.6 Å². The van der Waals surface area contributed by atoms with Crippen LogP contribution in [0.5, 0.6) is 0 Å². The Kier molecular flexibility index (Phi) is 3.72. The Morgan fingerprint density at radius 2 is 2.10 bits per heavy atom. The molecule has 0 aliphatic carbocycles. The fourth-order valence-electron chi connectivity index (χ4n) is 1.87. The van der Waals surface area contributed by atoms with Crippen molar-refractivity contribution in [3.8, 4) is 11.3 Å². The highest BCUT2D eigenvalue weighted by Gasteiger charge is 2.10. The minimum Gasteiger partial charge on any atom is -0.439 e. The molecule has 3 rings (SSSR count). The van der Waals surface area contributed by atoms with E-state index in [1.54, 1.807) is 17.1 Å². The number of aromatic nitrogens is 4. The average molecular weight is 304 g/mol. The molecule has 1 unspecified atom stereocenters. The number of oxazole rings is 1. The van der Waals surface area contributed by atoms with Crippen molar-refractivity contribution in [1.82, 2.24) is 20.0 Å². The lowest BCUT2D eigenvalue weighted by molar-refractivity contribution is 0.469. The molecule has 0 spiro atoms. The molecular formula is C14H14ClN5O. The summed E-state index contributed by atoms with van der Waals surface area (Å²) in [7, 11) is 0. The van der Waals surface area contributed by atoms with Crippen LogP contribution in [-0.2, 0) is 6.54 Å². The Hall–Kier alpha value is -2.18. The summed E-state index contributed by atoms with van der Waals surface area (Å²) in [6.07, 6.45) is 3.47. The summed E-state index contributed by atoms with van der Waals surface area (Å²) < 4.78 is 7.36. The first-order valence-corrected chi connectivity index (χ1v) is 6.86. The van der Waals surface area contributed by atoms with E-state index >= 15 is 0 Å². The maximum absolute atomic E-state index is 5.86. The van der Waals surface area contributed by atoms with Crippen molar-refractivity contribution in [1.29, 1.82) is 0 Å². The second-order valence-electron chi connectivity index (χ2n) is 4.75. The minimum atomic E-state index is -0.145. The highest BCUT2D eigenvalue weighted by Crippen LogP contribution is 2.22. The highest BCUT2D eigenvalue weighted by atomic mass is 35.5. The van der Waals surface area contributed by atoms with E-state index in [1.165, 1.54) is 0 Å². The summed E-state index contributed by atoms with van der Waals surface area (Å²) in [5.74, 6) is 1.25. The minimum absolute atomic E-state index is 0.145. The Morgan fingerprint density at radius 1 is 1.33 bits per heavy atom. The lowest BCUT2D eigenvalue weighted by Crippen LogP contribution is -2.05. The number of hydrogen-bond donors (Lipinski definition) is 1. The van der Waals surface area contributed by atoms with Gasteiger partial charge in [-0.15, -0.1) is 5.10 Å². The van der Waals surface area contributed by atoms with Crippen LogP contribution >= 0.6 is 11.6 Å². The molecule has 0 saturated heterocycles. The molecule has 21 heavy (non-hydrogen) atoms. The summed E-state index contributed by atoms with van der Waals surface area (Å²) >= 11 is 5.86. The summed E-state index contributed by atoms with van der Waals surface area (Å²) in [5.41, 5.74) is 7.41. The summed E-state index contributed by atoms with van der Waals surface area (Å²) in [6, 6.07) is 7.25. The average Bonchev–Trinajstić information content (AvgIpc) is 3.10. The molecule has 6 nitrogen and oxygen atoms in total. The van der Waals surface area contributed by atoms with E-state index in [9.17, 15) is 0 Å². The maximum Gasteiger partial charge on any atom is 0.216 e. The van der Waals surface area contributed by atoms with Gasteiger partial charge < -0.3 is 10.2 Å². The van der Waals surface area contributed by atoms with E-state index in [-0.39, 0.29) is 6.04 Å². The third kappa shape index (κ3) is 3.12. The first-order chi connectivity index (χ1) is 10.1. The topological polar surface area (TPSA) is 82.8 Å². The SMILES string of the molecule is CC(N)c1cn(Cc2ncc(-c3ccc(Cl)cc3)o2)nn1. The van der Waals surface area contributed by atoms with Crippen LogP contribution < -0.4 is 5.73 Å². The van der Waals surface area contributed by atoms with Gasteiger partial charge in [0.05, 0.1) is 18.1 Å². The van der Waals surface area contributed by atoms with Crippen LogP contribution in [-0.4, -0.2) is 20.0 Å². The van der Waals surface area contributed by atoms with E-state index in [0.717, 1.165) is 11.3 Å². The third-order valence-electron chi connectivity index (χ3n) is 3.00. The molecule has 0 saturated carbocycles. The van der Waals surface area contributed by atoms with Gasteiger partial charge in [0.1, 0.15) is 6.54 Å². The van der Waals surface area contributed by atoms with Gasteiger partial charge in [0.15, 0.2) is 5.76 Å². The van der Waals surface area contributed by atoms with Crippen LogP contribution in [0.25, 0.3) is 11.3 Å². The van der Waals surface area contributed by atoms with Gasteiger partial charge in [-0.25, -0.2) is 9.67 Å². The number of nitrogens with two attached hydrogens (primary N) is 1. The van der Waals surface area contributed by atoms with Crippen molar-refractivity contribution in [3.63, 3.8) is 0 Å². The molecular weight excluding hydrogens is 290 g/mol. The van der Waals surface area contributed by atoms with E-state index in [1.807, 2.05) is 31.2 Å². The zero-order chi connectivity index (χ0) is 14.8. The molecule has 1 atom stereocenters. The Labute approximate surface area is 126 Å². The summed E-state index contributed by atoms with van der Waals surface area (Å²) in [6.45, 7) is 2.27. The highest BCUT2D eigenvalue weighted by molar-refractivity contribution is 6.30. The molecule has 0 bridgehead atoms. The van der Waals surface area contributed by atoms with E-state index in [0.29, 0.717) is 23.2 Å². The van der Waals surface area contributed by atoms with Crippen molar-refractivity contribution in [2.45, 2.75) is 19.5 Å². The number of hydrogen-bond acceptors (Lipinski definition) is 5. The molecule has 0 aliphatic heterocycles. The van der Waals surface area contributed by atoms with Crippen molar-refractivity contribution >= 4 is 11.6 Å². The Bertz CT molecular complexity index is 732. The predicted octanol–water partition coefficient (Wildman–Crippen LogP) is 2.65. The maximum atomic E-state index is 5.86. The normalized spacial score (nSPS) is 12.5. The Morgan fingerprint density at radius 3 is 2.76 bits per heavy atom. The monoisotopic (exact) mass is 303 g/mol. The van der Waals surface area contributed by atoms with Crippen LogP contribution in [0.3, 0.4) is 0 Å². The van der Waals surface area contributed by atoms with Gasteiger partial charge >= 0.3 is 0 Å². The number of halogens is 1. The second-order valence-corrected chi connectivity index (χ2v) is 5.19. The molecule has 0 radical (unpaired) electrons. The lowest BCUT2D eigenvalue weighted by Gasteiger charge is -1.98. The fraction of sp³-hybridized carbons (Fsp3) is 0.214. The lowest BCUT2D eigenvalue weighted by atomic mass is 10.2. The van der Waals surface area contributed by atoms with Gasteiger partial charge in [0.2, 0.25) is 5.89 Å². The summed E-state index contributed by atoms with van der Waals surface area (Å²) in [5, 5.41) is 8.67. The van der Waals surface area contributed by atoms with Crippen LogP contribution in [0.2, 0.25) is 5.02 Å². The van der Waals surface area contributed by atoms with E-state index < -0.39 is 0 Å². The Balaban J connectivity index is 1.76. The van der Waals surface area contributed by atoms with Crippen LogP contribution in [0.15, 0.2) is 41.1 Å². The van der Waals surface area contributed by atoms with Crippen molar-refractivity contribution in [3.05, 3.63) is 53.3 Å². The molecule has 3 aromatic rings. The van der Waals surface area contributed by atoms with Crippen molar-refractivity contribution < 1.29 is 4.42 Å². The number of benzene rings is 1. The molecule has 2 heterocycles. The van der Waals surface area contributed by atoms with Gasteiger partial charge in [0, 0.05) is 16.6 Å². The van der Waals surface area contributed by atoms with Gasteiger partial charge in [-0.3, -0.25) is 0 Å². The largest absolute Gasteiger partial charge is 0.439 e. The third-order valence-corrected chi connectivity index (χ3v) is 3.25. The zero-order valence-electron chi connectivity index (χ0n) is 11.4. The number of rotatable bonds is 4. The molecule has 0 fully saturated rings. The standard InChI is InChI=1S/C14H14ClN5O/c1-9(16)12-7-20(19-18-12)8-14-17-6-13(21-14)10-2-4-11(15)5-3-10/h2-7,9H,8,16H2,1H3. The summed E-state index contributed by atoms with van der Waals surface area (Å²) in [4.78, 5) is 4.24. The van der Waals surface area contributed by atoms with Gasteiger partial charge in [-0.05, 0) is 31.2 Å². The molecule has 2 N–H and O–H groups in total. The van der Waals surface area contributed by atoms with Gasteiger partial charge in [-0.2, -0.15) is 0 Å². The molecule has 7 heteroatoms. The smallest absolute Gasteiger partial charge is 0.216 e. The van der Waals surface area contributed by atoms with Crippen molar-refractivity contribution in [2.24, 2.45) is 5.73 Å². The van der Waals surface area contributed by atoms with Crippen LogP contribution in [0, 0.1) is 0 Å². The second kappa shape index (κ2) is 5.67. The number of nitrogens with zero attached hydrogens (tertiary/aromatic N) is 4. The van der Waals surface area contributed by atoms with E-state index in [4.69, 9.17) is 21.8 Å². The molecule has 1 aromatic carbocycles. The van der Waals surface area contributed by atoms with Gasteiger partial charge in [0.25, 0.3) is 0 Å². The van der Waals surface area contributed by atoms with Gasteiger partial charge in [-0.1, -0.05) is 16.8 Å². The predicted molar refractivity (Wildman–Crippen MR) is 78.7 cm³/mol. The molecule has 108 valence electrons. The fourth-order valence-corrected chi connectivity index (χ4v) is 1.99. The first kappa shape index (κ1) is 13.8. The molecule has 0 aliphatic rings. The molecule has 2 aromatic heterocycles. The first-order valence-electron chi connectivity index (χ1n) is 6.48. The van der Waals surface area contributed by atoms with Crippen molar-refractivity contribution in [2.75, 3.05) is 0 Å². The van der Waals surface area contributed by atoms with Crippen LogP contribution in [0.4, 0.5) is 0 Å². The molecule has 0 amide bonds. The zero-order valence-corrected chi connectivity index (χ0v) is 12.2.